The van der Waals surface area contributed by atoms with Gasteiger partial charge < -0.3 is 15.5 Å². The molecular formula is C15H29N3O2. The highest BCUT2D eigenvalue weighted by molar-refractivity contribution is 5.88. The second-order valence-electron chi connectivity index (χ2n) is 6.48. The third-order valence-electron chi connectivity index (χ3n) is 3.77. The van der Waals surface area contributed by atoms with Crippen LogP contribution in [0.3, 0.4) is 0 Å². The van der Waals surface area contributed by atoms with Gasteiger partial charge in [-0.1, -0.05) is 27.7 Å². The summed E-state index contributed by atoms with van der Waals surface area (Å²) < 4.78 is 0. The summed E-state index contributed by atoms with van der Waals surface area (Å²) in [6.07, 6.45) is 1.44. The first-order valence-electron chi connectivity index (χ1n) is 7.59. The summed E-state index contributed by atoms with van der Waals surface area (Å²) in [5.74, 6) is 0.376. The summed E-state index contributed by atoms with van der Waals surface area (Å²) in [5.41, 5.74) is 0. The molecule has 1 rings (SSSR count). The lowest BCUT2D eigenvalue weighted by Gasteiger charge is -2.30. The molecule has 0 aliphatic carbocycles. The van der Waals surface area contributed by atoms with Crippen LogP contribution in [0.25, 0.3) is 0 Å². The monoisotopic (exact) mass is 283 g/mol. The predicted octanol–water partition coefficient (Wildman–Crippen LogP) is 0.994. The van der Waals surface area contributed by atoms with E-state index in [2.05, 4.69) is 10.6 Å². The Balaban J connectivity index is 2.64. The van der Waals surface area contributed by atoms with Crippen molar-refractivity contribution in [2.24, 2.45) is 11.8 Å². The molecule has 1 saturated heterocycles. The van der Waals surface area contributed by atoms with Crippen LogP contribution in [-0.4, -0.2) is 48.9 Å². The van der Waals surface area contributed by atoms with Gasteiger partial charge in [-0.2, -0.15) is 0 Å². The smallest absolute Gasteiger partial charge is 0.245 e. The van der Waals surface area contributed by atoms with E-state index < -0.39 is 6.04 Å². The van der Waals surface area contributed by atoms with E-state index in [9.17, 15) is 9.59 Å². The maximum Gasteiger partial charge on any atom is 0.245 e. The molecule has 116 valence electrons. The number of hydrogen-bond acceptors (Lipinski definition) is 3. The molecule has 1 heterocycles. The SMILES string of the molecule is CC(C)CC(=O)NC(C(=O)N(C)C1CCNC1)C(C)C. The minimum atomic E-state index is -0.424. The van der Waals surface area contributed by atoms with Crippen LogP contribution in [0.4, 0.5) is 0 Å². The van der Waals surface area contributed by atoms with Crippen LogP contribution in [0, 0.1) is 11.8 Å². The molecule has 0 aromatic heterocycles. The van der Waals surface area contributed by atoms with Crippen molar-refractivity contribution in [3.8, 4) is 0 Å². The zero-order valence-electron chi connectivity index (χ0n) is 13.4. The molecule has 0 bridgehead atoms. The van der Waals surface area contributed by atoms with Gasteiger partial charge >= 0.3 is 0 Å². The van der Waals surface area contributed by atoms with Crippen molar-refractivity contribution in [3.63, 3.8) is 0 Å². The fraction of sp³-hybridized carbons (Fsp3) is 0.867. The van der Waals surface area contributed by atoms with E-state index in [1.54, 1.807) is 4.90 Å². The molecule has 0 aromatic rings. The Morgan fingerprint density at radius 3 is 2.40 bits per heavy atom. The van der Waals surface area contributed by atoms with Gasteiger partial charge in [-0.3, -0.25) is 9.59 Å². The second kappa shape index (κ2) is 7.62. The van der Waals surface area contributed by atoms with Gasteiger partial charge in [0.1, 0.15) is 6.04 Å². The number of rotatable bonds is 6. The first-order chi connectivity index (χ1) is 9.32. The van der Waals surface area contributed by atoms with Crippen molar-refractivity contribution >= 4 is 11.8 Å². The van der Waals surface area contributed by atoms with E-state index in [1.807, 2.05) is 34.7 Å². The first kappa shape index (κ1) is 17.0. The molecule has 0 saturated carbocycles. The number of likely N-dealkylation sites (N-methyl/N-ethyl adjacent to an activating group) is 1. The third-order valence-corrected chi connectivity index (χ3v) is 3.77. The Bertz CT molecular complexity index is 336. The van der Waals surface area contributed by atoms with E-state index in [1.165, 1.54) is 0 Å². The van der Waals surface area contributed by atoms with Crippen LogP contribution in [0.5, 0.6) is 0 Å². The molecule has 1 fully saturated rings. The molecule has 5 nitrogen and oxygen atoms in total. The molecule has 1 aliphatic rings. The maximum absolute atomic E-state index is 12.6. The second-order valence-corrected chi connectivity index (χ2v) is 6.48. The molecule has 5 heteroatoms. The van der Waals surface area contributed by atoms with E-state index >= 15 is 0 Å². The van der Waals surface area contributed by atoms with Gasteiger partial charge in [0.15, 0.2) is 0 Å². The molecule has 0 radical (unpaired) electrons. The van der Waals surface area contributed by atoms with E-state index in [0.717, 1.165) is 19.5 Å². The molecule has 20 heavy (non-hydrogen) atoms. The Labute approximate surface area is 122 Å². The fourth-order valence-corrected chi connectivity index (χ4v) is 2.49. The molecule has 0 aromatic carbocycles. The Morgan fingerprint density at radius 2 is 1.95 bits per heavy atom. The standard InChI is InChI=1S/C15H29N3O2/c1-10(2)8-13(19)17-14(11(3)4)15(20)18(5)12-6-7-16-9-12/h10-12,14,16H,6-9H2,1-5H3,(H,17,19). The molecule has 2 N–H and O–H groups in total. The number of nitrogens with one attached hydrogen (secondary N) is 2. The number of carbonyl (C=O) groups is 2. The molecule has 1 aliphatic heterocycles. The summed E-state index contributed by atoms with van der Waals surface area (Å²) in [5, 5.41) is 6.16. The molecular weight excluding hydrogens is 254 g/mol. The summed E-state index contributed by atoms with van der Waals surface area (Å²) in [4.78, 5) is 26.3. The summed E-state index contributed by atoms with van der Waals surface area (Å²) in [7, 11) is 1.84. The van der Waals surface area contributed by atoms with Crippen LogP contribution in [-0.2, 0) is 9.59 Å². The van der Waals surface area contributed by atoms with E-state index in [4.69, 9.17) is 0 Å². The van der Waals surface area contributed by atoms with Crippen LogP contribution in [0.1, 0.15) is 40.5 Å². The number of nitrogens with zero attached hydrogens (tertiary/aromatic N) is 1. The van der Waals surface area contributed by atoms with Gasteiger partial charge in [0.25, 0.3) is 0 Å². The lowest BCUT2D eigenvalue weighted by Crippen LogP contribution is -2.53. The average Bonchev–Trinajstić information content (AvgIpc) is 2.86. The topological polar surface area (TPSA) is 61.4 Å². The zero-order valence-corrected chi connectivity index (χ0v) is 13.4. The highest BCUT2D eigenvalue weighted by Gasteiger charge is 2.31. The molecule has 2 amide bonds. The molecule has 2 atom stereocenters. The third kappa shape index (κ3) is 4.78. The maximum atomic E-state index is 12.6. The predicted molar refractivity (Wildman–Crippen MR) is 80.3 cm³/mol. The quantitative estimate of drug-likeness (QED) is 0.764. The number of amides is 2. The highest BCUT2D eigenvalue weighted by Crippen LogP contribution is 2.12. The largest absolute Gasteiger partial charge is 0.344 e. The normalized spacial score (nSPS) is 20.2. The Hall–Kier alpha value is -1.10. The number of hydrogen-bond donors (Lipinski definition) is 2. The van der Waals surface area contributed by atoms with Crippen LogP contribution >= 0.6 is 0 Å². The van der Waals surface area contributed by atoms with E-state index in [0.29, 0.717) is 12.3 Å². The Morgan fingerprint density at radius 1 is 1.30 bits per heavy atom. The van der Waals surface area contributed by atoms with Crippen molar-refractivity contribution < 1.29 is 9.59 Å². The van der Waals surface area contributed by atoms with Gasteiger partial charge in [0.05, 0.1) is 0 Å². The first-order valence-corrected chi connectivity index (χ1v) is 7.59. The minimum absolute atomic E-state index is 0.0193. The van der Waals surface area contributed by atoms with Crippen molar-refractivity contribution in [3.05, 3.63) is 0 Å². The lowest BCUT2D eigenvalue weighted by atomic mass is 10.0. The molecule has 0 spiro atoms. The average molecular weight is 283 g/mol. The molecule has 2 unspecified atom stereocenters. The van der Waals surface area contributed by atoms with Gasteiger partial charge in [0, 0.05) is 26.1 Å². The summed E-state index contributed by atoms with van der Waals surface area (Å²) in [6, 6.07) is -0.183. The number of carbonyl (C=O) groups excluding carboxylic acids is 2. The van der Waals surface area contributed by atoms with Crippen molar-refractivity contribution in [2.75, 3.05) is 20.1 Å². The van der Waals surface area contributed by atoms with Gasteiger partial charge in [-0.05, 0) is 24.8 Å². The van der Waals surface area contributed by atoms with Crippen molar-refractivity contribution in [1.82, 2.24) is 15.5 Å². The minimum Gasteiger partial charge on any atom is -0.344 e. The van der Waals surface area contributed by atoms with Gasteiger partial charge in [-0.15, -0.1) is 0 Å². The van der Waals surface area contributed by atoms with Gasteiger partial charge in [0.2, 0.25) is 11.8 Å². The van der Waals surface area contributed by atoms with Crippen LogP contribution in [0.15, 0.2) is 0 Å². The van der Waals surface area contributed by atoms with Gasteiger partial charge in [-0.25, -0.2) is 0 Å². The summed E-state index contributed by atoms with van der Waals surface area (Å²) in [6.45, 7) is 9.74. The van der Waals surface area contributed by atoms with Crippen LogP contribution in [0.2, 0.25) is 0 Å². The van der Waals surface area contributed by atoms with E-state index in [-0.39, 0.29) is 23.8 Å². The summed E-state index contributed by atoms with van der Waals surface area (Å²) >= 11 is 0. The Kier molecular flexibility index (Phi) is 6.46. The van der Waals surface area contributed by atoms with Crippen LogP contribution < -0.4 is 10.6 Å². The van der Waals surface area contributed by atoms with Crippen molar-refractivity contribution in [2.45, 2.75) is 52.6 Å². The fourth-order valence-electron chi connectivity index (χ4n) is 2.49. The lowest BCUT2D eigenvalue weighted by molar-refractivity contribution is -0.138. The highest BCUT2D eigenvalue weighted by atomic mass is 16.2. The zero-order chi connectivity index (χ0) is 15.3. The van der Waals surface area contributed by atoms with Crippen molar-refractivity contribution in [1.29, 1.82) is 0 Å².